The number of sulfonamides is 1. The van der Waals surface area contributed by atoms with Crippen LogP contribution in [0.3, 0.4) is 0 Å². The summed E-state index contributed by atoms with van der Waals surface area (Å²) in [6.07, 6.45) is -4.54. The number of hydrogen-bond acceptors (Lipinski definition) is 4. The van der Waals surface area contributed by atoms with Gasteiger partial charge in [-0.2, -0.15) is 13.2 Å². The number of aryl methyl sites for hydroxylation is 1. The van der Waals surface area contributed by atoms with E-state index in [4.69, 9.17) is 0 Å². The first-order valence-electron chi connectivity index (χ1n) is 8.23. The van der Waals surface area contributed by atoms with Crippen molar-refractivity contribution in [3.8, 4) is 0 Å². The number of halogens is 3. The lowest BCUT2D eigenvalue weighted by Gasteiger charge is -2.12. The first-order valence-corrected chi connectivity index (χ1v) is 9.72. The van der Waals surface area contributed by atoms with Crippen LogP contribution in [0.1, 0.15) is 26.3 Å². The molecule has 0 saturated carbocycles. The van der Waals surface area contributed by atoms with Crippen LogP contribution in [0.25, 0.3) is 0 Å². The molecule has 2 aromatic carbocycles. The van der Waals surface area contributed by atoms with Crippen molar-refractivity contribution in [2.45, 2.75) is 18.0 Å². The van der Waals surface area contributed by atoms with Crippen molar-refractivity contribution in [1.82, 2.24) is 10.0 Å². The maximum atomic E-state index is 12.6. The zero-order chi connectivity index (χ0) is 21.8. The van der Waals surface area contributed by atoms with Crippen LogP contribution in [-0.4, -0.2) is 40.0 Å². The third kappa shape index (κ3) is 6.03. The van der Waals surface area contributed by atoms with Crippen LogP contribution in [0.15, 0.2) is 47.4 Å². The number of amides is 2. The summed E-state index contributed by atoms with van der Waals surface area (Å²) in [5.74, 6) is -1.58. The number of rotatable bonds is 6. The number of alkyl halides is 3. The van der Waals surface area contributed by atoms with Crippen LogP contribution in [0.4, 0.5) is 18.9 Å². The second-order valence-corrected chi connectivity index (χ2v) is 7.90. The van der Waals surface area contributed by atoms with E-state index in [0.29, 0.717) is 5.56 Å². The number of carbonyl (C=O) groups excluding carboxylic acids is 2. The summed E-state index contributed by atoms with van der Waals surface area (Å²) < 4.78 is 62.7. The van der Waals surface area contributed by atoms with Crippen molar-refractivity contribution in [2.24, 2.45) is 0 Å². The Morgan fingerprint density at radius 3 is 2.34 bits per heavy atom. The van der Waals surface area contributed by atoms with Crippen molar-refractivity contribution >= 4 is 27.5 Å². The summed E-state index contributed by atoms with van der Waals surface area (Å²) in [6, 6.07) is 9.38. The largest absolute Gasteiger partial charge is 0.405 e. The lowest BCUT2D eigenvalue weighted by molar-refractivity contribution is -0.123. The van der Waals surface area contributed by atoms with E-state index in [1.165, 1.54) is 49.5 Å². The first-order chi connectivity index (χ1) is 13.4. The Morgan fingerprint density at radius 2 is 1.72 bits per heavy atom. The van der Waals surface area contributed by atoms with Crippen molar-refractivity contribution in [3.05, 3.63) is 59.2 Å². The third-order valence-electron chi connectivity index (χ3n) is 3.86. The molecule has 0 spiro atoms. The van der Waals surface area contributed by atoms with E-state index in [0.717, 1.165) is 0 Å². The predicted octanol–water partition coefficient (Wildman–Crippen LogP) is 2.45. The van der Waals surface area contributed by atoms with E-state index >= 15 is 0 Å². The molecule has 2 rings (SSSR count). The van der Waals surface area contributed by atoms with Crippen LogP contribution in [0, 0.1) is 6.92 Å². The average Bonchev–Trinajstić information content (AvgIpc) is 2.65. The Labute approximate surface area is 165 Å². The zero-order valence-corrected chi connectivity index (χ0v) is 16.2. The molecule has 0 aliphatic rings. The fourth-order valence-corrected chi connectivity index (χ4v) is 3.11. The minimum Gasteiger partial charge on any atom is -0.343 e. The van der Waals surface area contributed by atoms with Gasteiger partial charge in [-0.25, -0.2) is 13.1 Å². The number of hydrogen-bond donors (Lipinski definition) is 3. The molecule has 3 N–H and O–H groups in total. The molecule has 0 unspecified atom stereocenters. The molecule has 2 amide bonds. The minimum atomic E-state index is -4.54. The first kappa shape index (κ1) is 22.4. The molecule has 156 valence electrons. The van der Waals surface area contributed by atoms with Crippen molar-refractivity contribution in [3.63, 3.8) is 0 Å². The summed E-state index contributed by atoms with van der Waals surface area (Å²) in [6.45, 7) is 0.139. The van der Waals surface area contributed by atoms with Crippen LogP contribution in [-0.2, 0) is 10.0 Å². The number of benzene rings is 2. The van der Waals surface area contributed by atoms with E-state index < -0.39 is 34.6 Å². The van der Waals surface area contributed by atoms with E-state index in [-0.39, 0.29) is 21.7 Å². The van der Waals surface area contributed by atoms with Crippen molar-refractivity contribution in [2.75, 3.05) is 18.9 Å². The minimum absolute atomic E-state index is 0.0738. The lowest BCUT2D eigenvalue weighted by atomic mass is 10.1. The normalized spacial score (nSPS) is 11.8. The van der Waals surface area contributed by atoms with Gasteiger partial charge in [-0.1, -0.05) is 12.1 Å². The molecule has 0 aromatic heterocycles. The van der Waals surface area contributed by atoms with Crippen LogP contribution >= 0.6 is 0 Å². The maximum absolute atomic E-state index is 12.6. The van der Waals surface area contributed by atoms with E-state index in [2.05, 4.69) is 10.0 Å². The van der Waals surface area contributed by atoms with Crippen LogP contribution < -0.4 is 15.4 Å². The molecule has 0 bridgehead atoms. The Morgan fingerprint density at radius 1 is 1.03 bits per heavy atom. The fraction of sp³-hybridized carbons (Fsp3) is 0.222. The third-order valence-corrected chi connectivity index (χ3v) is 5.28. The van der Waals surface area contributed by atoms with Gasteiger partial charge in [0, 0.05) is 16.8 Å². The lowest BCUT2D eigenvalue weighted by Crippen LogP contribution is -2.33. The topological polar surface area (TPSA) is 104 Å². The Balaban J connectivity index is 2.22. The predicted molar refractivity (Wildman–Crippen MR) is 100 cm³/mol. The Bertz CT molecular complexity index is 1040. The van der Waals surface area contributed by atoms with Gasteiger partial charge in [-0.05, 0) is 49.9 Å². The molecule has 0 saturated heterocycles. The summed E-state index contributed by atoms with van der Waals surface area (Å²) >= 11 is 0. The van der Waals surface area contributed by atoms with E-state index in [9.17, 15) is 31.2 Å². The number of carbonyl (C=O) groups is 2. The van der Waals surface area contributed by atoms with Gasteiger partial charge in [0.15, 0.2) is 0 Å². The second-order valence-electron chi connectivity index (χ2n) is 6.02. The van der Waals surface area contributed by atoms with Gasteiger partial charge in [0.25, 0.3) is 11.8 Å². The standard InChI is InChI=1S/C18H18F3N3O4S/c1-11-6-7-14(29(27,28)22-2)9-15(11)17(26)24-13-5-3-4-12(8-13)16(25)23-10-18(19,20)21/h3-9,22H,10H2,1-2H3,(H,23,25)(H,24,26). The molecule has 0 atom stereocenters. The highest BCUT2D eigenvalue weighted by Crippen LogP contribution is 2.19. The molecule has 29 heavy (non-hydrogen) atoms. The smallest absolute Gasteiger partial charge is 0.343 e. The zero-order valence-electron chi connectivity index (χ0n) is 15.4. The van der Waals surface area contributed by atoms with Gasteiger partial charge in [-0.15, -0.1) is 0 Å². The van der Waals surface area contributed by atoms with E-state index in [1.54, 1.807) is 12.2 Å². The van der Waals surface area contributed by atoms with Gasteiger partial charge in [-0.3, -0.25) is 9.59 Å². The SMILES string of the molecule is CNS(=O)(=O)c1ccc(C)c(C(=O)Nc2cccc(C(=O)NCC(F)(F)F)c2)c1. The fourth-order valence-electron chi connectivity index (χ4n) is 2.35. The summed E-state index contributed by atoms with van der Waals surface area (Å²) in [5, 5.41) is 4.25. The maximum Gasteiger partial charge on any atom is 0.405 e. The summed E-state index contributed by atoms with van der Waals surface area (Å²) in [4.78, 5) is 24.3. The molecule has 0 aliphatic heterocycles. The Kier molecular flexibility index (Phi) is 6.65. The molecular weight excluding hydrogens is 411 g/mol. The molecule has 2 aromatic rings. The van der Waals surface area contributed by atoms with Gasteiger partial charge in [0.2, 0.25) is 10.0 Å². The van der Waals surface area contributed by atoms with E-state index in [1.807, 2.05) is 0 Å². The average molecular weight is 429 g/mol. The molecular formula is C18H18F3N3O4S. The molecule has 0 aliphatic carbocycles. The highest BCUT2D eigenvalue weighted by atomic mass is 32.2. The molecule has 11 heteroatoms. The molecule has 0 fully saturated rings. The Hall–Kier alpha value is -2.92. The quantitative estimate of drug-likeness (QED) is 0.656. The van der Waals surface area contributed by atoms with Gasteiger partial charge in [0.1, 0.15) is 6.54 Å². The number of anilines is 1. The number of nitrogens with one attached hydrogen (secondary N) is 3. The highest BCUT2D eigenvalue weighted by Gasteiger charge is 2.28. The molecule has 0 radical (unpaired) electrons. The van der Waals surface area contributed by atoms with Crippen LogP contribution in [0.2, 0.25) is 0 Å². The van der Waals surface area contributed by atoms with Crippen LogP contribution in [0.5, 0.6) is 0 Å². The summed E-state index contributed by atoms with van der Waals surface area (Å²) in [7, 11) is -2.51. The monoisotopic (exact) mass is 429 g/mol. The molecule has 7 nitrogen and oxygen atoms in total. The second kappa shape index (κ2) is 8.62. The van der Waals surface area contributed by atoms with Gasteiger partial charge in [0.05, 0.1) is 4.90 Å². The highest BCUT2D eigenvalue weighted by molar-refractivity contribution is 7.89. The molecule has 0 heterocycles. The van der Waals surface area contributed by atoms with Gasteiger partial charge >= 0.3 is 6.18 Å². The van der Waals surface area contributed by atoms with Gasteiger partial charge < -0.3 is 10.6 Å². The summed E-state index contributed by atoms with van der Waals surface area (Å²) in [5.41, 5.74) is 0.691. The van der Waals surface area contributed by atoms with Crippen molar-refractivity contribution < 1.29 is 31.2 Å². The van der Waals surface area contributed by atoms with Crippen molar-refractivity contribution in [1.29, 1.82) is 0 Å².